The van der Waals surface area contributed by atoms with E-state index in [-0.39, 0.29) is 18.6 Å². The molecule has 1 heterocycles. The molecule has 0 unspecified atom stereocenters. The quantitative estimate of drug-likeness (QED) is 0.244. The Hall–Kier alpha value is -3.53. The fourth-order valence-electron chi connectivity index (χ4n) is 2.87. The molecule has 0 saturated carbocycles. The Morgan fingerprint density at radius 2 is 2.06 bits per heavy atom. The maximum Gasteiger partial charge on any atom is 0.417 e. The largest absolute Gasteiger partial charge is 0.481 e. The minimum absolute atomic E-state index is 0.0311. The van der Waals surface area contributed by atoms with Crippen LogP contribution in [0.5, 0.6) is 0 Å². The van der Waals surface area contributed by atoms with Crippen molar-refractivity contribution in [2.24, 2.45) is 5.16 Å². The molecule has 0 saturated heterocycles. The number of alkyl halides is 3. The number of hydrogen-bond acceptors (Lipinski definition) is 5. The molecule has 3 rings (SSSR count). The Bertz CT molecular complexity index is 1100. The Kier molecular flexibility index (Phi) is 7.94. The molecular formula is C24H19F3N2O3S. The molecule has 0 amide bonds. The van der Waals surface area contributed by atoms with Crippen LogP contribution in [0.3, 0.4) is 0 Å². The molecule has 0 aliphatic heterocycles. The van der Waals surface area contributed by atoms with E-state index in [2.05, 4.69) is 34.1 Å². The molecular weight excluding hydrogens is 453 g/mol. The third-order valence-electron chi connectivity index (χ3n) is 4.54. The van der Waals surface area contributed by atoms with E-state index in [1.54, 1.807) is 25.1 Å². The van der Waals surface area contributed by atoms with Gasteiger partial charge in [0.15, 0.2) is 0 Å². The number of carboxylic acids is 1. The van der Waals surface area contributed by atoms with Crippen LogP contribution in [0.15, 0.2) is 41.6 Å². The molecule has 1 aromatic heterocycles. The molecule has 0 spiro atoms. The number of carboxylic acid groups (broad SMARTS) is 1. The van der Waals surface area contributed by atoms with Crippen LogP contribution >= 0.6 is 11.3 Å². The zero-order valence-corrected chi connectivity index (χ0v) is 18.4. The van der Waals surface area contributed by atoms with Crippen LogP contribution in [0.25, 0.3) is 10.4 Å². The van der Waals surface area contributed by atoms with E-state index in [9.17, 15) is 18.0 Å². The monoisotopic (exact) mass is 472 g/mol. The molecule has 170 valence electrons. The van der Waals surface area contributed by atoms with Crippen molar-refractivity contribution < 1.29 is 27.9 Å². The Morgan fingerprint density at radius 3 is 2.70 bits per heavy atom. The van der Waals surface area contributed by atoms with E-state index in [1.807, 2.05) is 0 Å². The zero-order chi connectivity index (χ0) is 23.8. The van der Waals surface area contributed by atoms with E-state index in [0.29, 0.717) is 34.8 Å². The lowest BCUT2D eigenvalue weighted by Gasteiger charge is -2.13. The van der Waals surface area contributed by atoms with Gasteiger partial charge in [-0.05, 0) is 36.1 Å². The van der Waals surface area contributed by atoms with Crippen LogP contribution in [0.1, 0.15) is 35.6 Å². The van der Waals surface area contributed by atoms with E-state index >= 15 is 0 Å². The first-order valence-corrected chi connectivity index (χ1v) is 10.7. The summed E-state index contributed by atoms with van der Waals surface area (Å²) in [7, 11) is 0. The van der Waals surface area contributed by atoms with Crippen LogP contribution in [-0.2, 0) is 29.0 Å². The van der Waals surface area contributed by atoms with E-state index in [0.717, 1.165) is 23.0 Å². The molecule has 9 heteroatoms. The Balaban J connectivity index is 1.60. The van der Waals surface area contributed by atoms with Gasteiger partial charge in [-0.1, -0.05) is 46.8 Å². The molecule has 0 fully saturated rings. The van der Waals surface area contributed by atoms with Crippen molar-refractivity contribution in [3.8, 4) is 10.4 Å². The summed E-state index contributed by atoms with van der Waals surface area (Å²) in [5.41, 5.74) is 1.60. The van der Waals surface area contributed by atoms with Crippen molar-refractivity contribution in [3.63, 3.8) is 0 Å². The van der Waals surface area contributed by atoms with E-state index in [1.165, 1.54) is 12.1 Å². The molecule has 33 heavy (non-hydrogen) atoms. The number of halogens is 3. The summed E-state index contributed by atoms with van der Waals surface area (Å²) in [6.45, 7) is 2.37. The first-order chi connectivity index (χ1) is 15.7. The van der Waals surface area contributed by atoms with Crippen LogP contribution in [-0.4, -0.2) is 23.3 Å². The number of oxime groups is 1. The van der Waals surface area contributed by atoms with Crippen molar-refractivity contribution >= 4 is 23.0 Å². The predicted molar refractivity (Wildman–Crippen MR) is 118 cm³/mol. The number of hydrogen-bond donors (Lipinski definition) is 2. The van der Waals surface area contributed by atoms with Crippen LogP contribution < -0.4 is 5.32 Å². The Morgan fingerprint density at radius 1 is 1.24 bits per heavy atom. The number of aliphatic carboxylic acids is 1. The van der Waals surface area contributed by atoms with E-state index < -0.39 is 17.7 Å². The Labute approximate surface area is 193 Å². The molecule has 2 aromatic carbocycles. The molecule has 0 radical (unpaired) electrons. The van der Waals surface area contributed by atoms with Crippen molar-refractivity contribution in [1.29, 1.82) is 0 Å². The number of benzene rings is 1. The van der Waals surface area contributed by atoms with Crippen molar-refractivity contribution in [1.82, 2.24) is 5.32 Å². The molecule has 5 nitrogen and oxygen atoms in total. The SMILES string of the molecule is C/C(=N\OCc1ccc(-c2cc#cs2)c(C(F)(F)F)c1)c1c#cc(CNCCC(=O)O)cc1. The van der Waals surface area contributed by atoms with Gasteiger partial charge in [0.1, 0.15) is 6.61 Å². The van der Waals surface area contributed by atoms with Crippen molar-refractivity contribution in [2.45, 2.75) is 32.7 Å². The summed E-state index contributed by atoms with van der Waals surface area (Å²) in [6, 6.07) is 17.6. The number of nitrogens with one attached hydrogen (secondary N) is 1. The summed E-state index contributed by atoms with van der Waals surface area (Å²) in [5, 5.41) is 18.3. The van der Waals surface area contributed by atoms with Crippen LogP contribution in [0, 0.1) is 23.6 Å². The minimum atomic E-state index is -4.51. The first kappa shape index (κ1) is 24.1. The lowest BCUT2D eigenvalue weighted by atomic mass is 10.0. The molecule has 0 atom stereocenters. The fourth-order valence-corrected chi connectivity index (χ4v) is 3.51. The number of carbonyl (C=O) groups is 1. The van der Waals surface area contributed by atoms with Gasteiger partial charge in [0.2, 0.25) is 0 Å². The summed E-state index contributed by atoms with van der Waals surface area (Å²) >= 11 is 1.07. The third kappa shape index (κ3) is 6.98. The highest BCUT2D eigenvalue weighted by molar-refractivity contribution is 7.12. The molecule has 0 bridgehead atoms. The van der Waals surface area contributed by atoms with Gasteiger partial charge in [0.25, 0.3) is 0 Å². The maximum atomic E-state index is 13.5. The normalized spacial score (nSPS) is 11.6. The van der Waals surface area contributed by atoms with Gasteiger partial charge < -0.3 is 15.3 Å². The summed E-state index contributed by atoms with van der Waals surface area (Å²) in [6.07, 6.45) is -4.48. The third-order valence-corrected chi connectivity index (χ3v) is 5.32. The van der Waals surface area contributed by atoms with Gasteiger partial charge in [-0.15, -0.1) is 0 Å². The second-order valence-electron chi connectivity index (χ2n) is 7.03. The van der Waals surface area contributed by atoms with Crippen molar-refractivity contribution in [3.05, 3.63) is 82.2 Å². The van der Waals surface area contributed by atoms with E-state index in [4.69, 9.17) is 9.94 Å². The summed E-state index contributed by atoms with van der Waals surface area (Å²) < 4.78 is 40.6. The smallest absolute Gasteiger partial charge is 0.417 e. The van der Waals surface area contributed by atoms with Gasteiger partial charge >= 0.3 is 12.1 Å². The average molecular weight is 472 g/mol. The second kappa shape index (κ2) is 10.9. The number of rotatable bonds is 10. The van der Waals surface area contributed by atoms with Gasteiger partial charge in [-0.3, -0.25) is 4.79 Å². The predicted octanol–water partition coefficient (Wildman–Crippen LogP) is 5.14. The summed E-state index contributed by atoms with van der Waals surface area (Å²) in [5.74, 6) is -0.870. The van der Waals surface area contributed by atoms with Gasteiger partial charge in [-0.2, -0.15) is 13.2 Å². The highest BCUT2D eigenvalue weighted by Gasteiger charge is 2.34. The zero-order valence-electron chi connectivity index (χ0n) is 17.5. The first-order valence-electron chi connectivity index (χ1n) is 9.84. The lowest BCUT2D eigenvalue weighted by molar-refractivity contribution is -0.138. The van der Waals surface area contributed by atoms with Gasteiger partial charge in [0, 0.05) is 35.8 Å². The van der Waals surface area contributed by atoms with Crippen LogP contribution in [0.4, 0.5) is 13.2 Å². The van der Waals surface area contributed by atoms with Gasteiger partial charge in [-0.25, -0.2) is 0 Å². The molecule has 0 aliphatic rings. The molecule has 3 aromatic rings. The second-order valence-corrected chi connectivity index (χ2v) is 7.88. The molecule has 2 N–H and O–H groups in total. The standard InChI is InChI=1S/C24H19F3N2O3S/c1-16(19-7-4-17(5-8-19)14-28-11-10-23(30)31)29-32-15-18-6-9-20(22-3-2-12-33-22)21(13-18)24(25,26)27/h3-4,6-7,9,13,28H,10-11,14-15H2,1H3,(H,30,31)/b29-16+. The van der Waals surface area contributed by atoms with Gasteiger partial charge in [0.05, 0.1) is 22.6 Å². The highest BCUT2D eigenvalue weighted by Crippen LogP contribution is 2.38. The fraction of sp³-hybridized carbons (Fsp3) is 0.250. The average Bonchev–Trinajstić information content (AvgIpc) is 3.31. The topological polar surface area (TPSA) is 70.9 Å². The minimum Gasteiger partial charge on any atom is -0.481 e. The highest BCUT2D eigenvalue weighted by atomic mass is 32.1. The number of nitrogens with zero attached hydrogens (tertiary/aromatic N) is 1. The summed E-state index contributed by atoms with van der Waals surface area (Å²) in [4.78, 5) is 16.2. The van der Waals surface area contributed by atoms with Crippen molar-refractivity contribution in [2.75, 3.05) is 6.54 Å². The van der Waals surface area contributed by atoms with Crippen LogP contribution in [0.2, 0.25) is 0 Å². The molecule has 0 aliphatic carbocycles. The maximum absolute atomic E-state index is 13.5. The lowest BCUT2D eigenvalue weighted by Crippen LogP contribution is -2.17.